The number of halogens is 1. The average molecular weight is 398 g/mol. The zero-order chi connectivity index (χ0) is 19.9. The first-order chi connectivity index (χ1) is 13.5. The van der Waals surface area contributed by atoms with E-state index >= 15 is 0 Å². The van der Waals surface area contributed by atoms with Crippen LogP contribution in [0, 0.1) is 0 Å². The van der Waals surface area contributed by atoms with Gasteiger partial charge in [-0.1, -0.05) is 11.6 Å². The fourth-order valence-corrected chi connectivity index (χ4v) is 2.68. The average Bonchev–Trinajstić information content (AvgIpc) is 3.11. The van der Waals surface area contributed by atoms with Crippen molar-refractivity contribution in [3.05, 3.63) is 77.3 Å². The second kappa shape index (κ2) is 9.10. The van der Waals surface area contributed by atoms with Gasteiger partial charge in [0, 0.05) is 41.8 Å². The molecule has 1 heterocycles. The van der Waals surface area contributed by atoms with Crippen LogP contribution in [0.25, 0.3) is 6.08 Å². The highest BCUT2D eigenvalue weighted by atomic mass is 35.5. The highest BCUT2D eigenvalue weighted by Gasteiger charge is 2.04. The summed E-state index contributed by atoms with van der Waals surface area (Å²) in [5.74, 6) is 1.91. The van der Waals surface area contributed by atoms with Crippen LogP contribution in [0.1, 0.15) is 11.4 Å². The van der Waals surface area contributed by atoms with Gasteiger partial charge in [0.25, 0.3) is 0 Å². The summed E-state index contributed by atoms with van der Waals surface area (Å²) in [6.45, 7) is 0.374. The lowest BCUT2D eigenvalue weighted by atomic mass is 10.2. The molecule has 0 saturated carbocycles. The first kappa shape index (κ1) is 19.5. The van der Waals surface area contributed by atoms with Crippen molar-refractivity contribution in [2.24, 2.45) is 7.05 Å². The lowest BCUT2D eigenvalue weighted by Crippen LogP contribution is -2.07. The van der Waals surface area contributed by atoms with Crippen LogP contribution in [0.2, 0.25) is 5.02 Å². The Bertz CT molecular complexity index is 981. The lowest BCUT2D eigenvalue weighted by molar-refractivity contribution is -0.111. The molecule has 1 N–H and O–H groups in total. The Morgan fingerprint density at radius 2 is 2.04 bits per heavy atom. The molecule has 6 nitrogen and oxygen atoms in total. The Kier molecular flexibility index (Phi) is 6.34. The number of aryl methyl sites for hydroxylation is 1. The summed E-state index contributed by atoms with van der Waals surface area (Å²) in [6.07, 6.45) is 6.68. The minimum absolute atomic E-state index is 0.260. The Morgan fingerprint density at radius 1 is 1.25 bits per heavy atom. The molecule has 0 atom stereocenters. The number of rotatable bonds is 7. The zero-order valence-electron chi connectivity index (χ0n) is 15.6. The summed E-state index contributed by atoms with van der Waals surface area (Å²) in [7, 11) is 3.48. The number of nitrogens with one attached hydrogen (secondary N) is 1. The number of amides is 1. The van der Waals surface area contributed by atoms with Gasteiger partial charge in [-0.2, -0.15) is 0 Å². The number of ether oxygens (including phenoxy) is 2. The monoisotopic (exact) mass is 397 g/mol. The number of carbonyl (C=O) groups excluding carboxylic acids is 1. The molecule has 0 fully saturated rings. The molecule has 7 heteroatoms. The van der Waals surface area contributed by atoms with Crippen molar-refractivity contribution in [1.29, 1.82) is 0 Å². The van der Waals surface area contributed by atoms with Crippen LogP contribution >= 0.6 is 11.6 Å². The molecule has 0 spiro atoms. The fourth-order valence-electron chi connectivity index (χ4n) is 2.50. The third-order valence-electron chi connectivity index (χ3n) is 4.02. The molecular weight excluding hydrogens is 378 g/mol. The van der Waals surface area contributed by atoms with Crippen molar-refractivity contribution >= 4 is 29.3 Å². The van der Waals surface area contributed by atoms with Gasteiger partial charge in [0.05, 0.1) is 7.11 Å². The topological polar surface area (TPSA) is 65.4 Å². The van der Waals surface area contributed by atoms with Gasteiger partial charge >= 0.3 is 0 Å². The predicted octanol–water partition coefficient (Wildman–Crippen LogP) is 4.31. The van der Waals surface area contributed by atoms with E-state index < -0.39 is 0 Å². The number of aromatic nitrogens is 2. The van der Waals surface area contributed by atoms with E-state index in [0.29, 0.717) is 28.8 Å². The molecule has 2 aromatic carbocycles. The van der Waals surface area contributed by atoms with E-state index in [9.17, 15) is 4.79 Å². The second-order valence-electron chi connectivity index (χ2n) is 5.98. The van der Waals surface area contributed by atoms with Crippen molar-refractivity contribution < 1.29 is 14.3 Å². The largest absolute Gasteiger partial charge is 0.496 e. The summed E-state index contributed by atoms with van der Waals surface area (Å²) in [6, 6.07) is 12.4. The van der Waals surface area contributed by atoms with E-state index in [4.69, 9.17) is 21.1 Å². The summed E-state index contributed by atoms with van der Waals surface area (Å²) < 4.78 is 12.9. The van der Waals surface area contributed by atoms with Crippen molar-refractivity contribution in [2.75, 3.05) is 12.4 Å². The van der Waals surface area contributed by atoms with E-state index in [2.05, 4.69) is 10.3 Å². The number of methoxy groups -OCH3 is 1. The highest BCUT2D eigenvalue weighted by molar-refractivity contribution is 6.30. The van der Waals surface area contributed by atoms with Crippen molar-refractivity contribution in [3.63, 3.8) is 0 Å². The number of hydrogen-bond acceptors (Lipinski definition) is 4. The van der Waals surface area contributed by atoms with Crippen molar-refractivity contribution in [1.82, 2.24) is 9.55 Å². The Hall–Kier alpha value is -3.25. The number of anilines is 1. The van der Waals surface area contributed by atoms with Crippen LogP contribution < -0.4 is 14.8 Å². The molecule has 3 aromatic rings. The molecule has 0 bridgehead atoms. The van der Waals surface area contributed by atoms with Crippen LogP contribution in [0.4, 0.5) is 5.69 Å². The third-order valence-corrected chi connectivity index (χ3v) is 4.25. The van der Waals surface area contributed by atoms with E-state index in [-0.39, 0.29) is 5.91 Å². The number of imidazole rings is 1. The first-order valence-electron chi connectivity index (χ1n) is 8.57. The standard InChI is InChI=1S/C21H20ClN3O3/c1-25-12-11-23-20(25)14-28-18-7-5-17(6-8-18)24-21(26)10-3-15-13-16(22)4-9-19(15)27-2/h3-13H,14H2,1-2H3,(H,24,26). The Labute approximate surface area is 168 Å². The molecule has 144 valence electrons. The minimum atomic E-state index is -0.260. The van der Waals surface area contributed by atoms with E-state index in [1.807, 2.05) is 17.8 Å². The zero-order valence-corrected chi connectivity index (χ0v) is 16.3. The van der Waals surface area contributed by atoms with Gasteiger partial charge in [-0.15, -0.1) is 0 Å². The van der Waals surface area contributed by atoms with Gasteiger partial charge in [0.15, 0.2) is 0 Å². The molecule has 0 unspecified atom stereocenters. The van der Waals surface area contributed by atoms with Gasteiger partial charge in [-0.05, 0) is 48.5 Å². The summed E-state index contributed by atoms with van der Waals surface area (Å²) in [5, 5.41) is 3.37. The quantitative estimate of drug-likeness (QED) is 0.603. The molecule has 28 heavy (non-hydrogen) atoms. The summed E-state index contributed by atoms with van der Waals surface area (Å²) in [5.41, 5.74) is 1.39. The van der Waals surface area contributed by atoms with E-state index in [0.717, 1.165) is 11.4 Å². The maximum Gasteiger partial charge on any atom is 0.248 e. The van der Waals surface area contributed by atoms with Gasteiger partial charge in [0.1, 0.15) is 23.9 Å². The Morgan fingerprint density at radius 3 is 2.71 bits per heavy atom. The number of benzene rings is 2. The maximum atomic E-state index is 12.2. The number of nitrogens with zero attached hydrogens (tertiary/aromatic N) is 2. The van der Waals surface area contributed by atoms with Crippen LogP contribution in [0.5, 0.6) is 11.5 Å². The van der Waals surface area contributed by atoms with Crippen LogP contribution in [-0.2, 0) is 18.4 Å². The van der Waals surface area contributed by atoms with E-state index in [1.165, 1.54) is 6.08 Å². The molecular formula is C21H20ClN3O3. The molecule has 0 aliphatic rings. The van der Waals surface area contributed by atoms with Gasteiger partial charge in [-0.25, -0.2) is 4.98 Å². The van der Waals surface area contributed by atoms with Crippen LogP contribution in [0.3, 0.4) is 0 Å². The van der Waals surface area contributed by atoms with Gasteiger partial charge in [-0.3, -0.25) is 4.79 Å². The number of hydrogen-bond donors (Lipinski definition) is 1. The van der Waals surface area contributed by atoms with Crippen LogP contribution in [0.15, 0.2) is 60.9 Å². The first-order valence-corrected chi connectivity index (χ1v) is 8.94. The smallest absolute Gasteiger partial charge is 0.248 e. The molecule has 0 aliphatic heterocycles. The summed E-state index contributed by atoms with van der Waals surface area (Å²) in [4.78, 5) is 16.4. The number of carbonyl (C=O) groups is 1. The molecule has 0 radical (unpaired) electrons. The molecule has 1 amide bonds. The normalized spacial score (nSPS) is 10.8. The molecule has 1 aromatic heterocycles. The molecule has 0 saturated heterocycles. The predicted molar refractivity (Wildman–Crippen MR) is 110 cm³/mol. The molecule has 0 aliphatic carbocycles. The Balaban J connectivity index is 1.57. The van der Waals surface area contributed by atoms with Gasteiger partial charge < -0.3 is 19.4 Å². The second-order valence-corrected chi connectivity index (χ2v) is 6.41. The lowest BCUT2D eigenvalue weighted by Gasteiger charge is -2.08. The van der Waals surface area contributed by atoms with Crippen molar-refractivity contribution in [3.8, 4) is 11.5 Å². The minimum Gasteiger partial charge on any atom is -0.496 e. The third kappa shape index (κ3) is 5.14. The van der Waals surface area contributed by atoms with Crippen molar-refractivity contribution in [2.45, 2.75) is 6.61 Å². The summed E-state index contributed by atoms with van der Waals surface area (Å²) >= 11 is 5.99. The van der Waals surface area contributed by atoms with Crippen LogP contribution in [-0.4, -0.2) is 22.6 Å². The van der Waals surface area contributed by atoms with E-state index in [1.54, 1.807) is 61.8 Å². The SMILES string of the molecule is COc1ccc(Cl)cc1C=CC(=O)Nc1ccc(OCc2nccn2C)cc1. The van der Waals surface area contributed by atoms with Gasteiger partial charge in [0.2, 0.25) is 5.91 Å². The fraction of sp³-hybridized carbons (Fsp3) is 0.143. The molecule has 3 rings (SSSR count). The maximum absolute atomic E-state index is 12.2. The highest BCUT2D eigenvalue weighted by Crippen LogP contribution is 2.24.